The van der Waals surface area contributed by atoms with E-state index >= 15 is 0 Å². The number of alkyl halides is 3. The molecule has 9 heteroatoms. The zero-order valence-corrected chi connectivity index (χ0v) is 13.2. The quantitative estimate of drug-likeness (QED) is 0.502. The molecule has 1 atom stereocenters. The number of benzene rings is 1. The molecule has 2 N–H and O–H groups in total. The maximum atomic E-state index is 12.5. The number of nitrogens with one attached hydrogen (secondary N) is 1. The average molecular weight is 426 g/mol. The van der Waals surface area contributed by atoms with E-state index in [-0.39, 0.29) is 10.7 Å². The molecule has 19 heavy (non-hydrogen) atoms. The number of amides is 1. The monoisotopic (exact) mass is 425 g/mol. The summed E-state index contributed by atoms with van der Waals surface area (Å²) in [5, 5.41) is 11.2. The van der Waals surface area contributed by atoms with Crippen LogP contribution in [0.2, 0.25) is 5.02 Å². The molecule has 1 aromatic rings. The first-order valence-corrected chi connectivity index (χ1v) is 6.66. The summed E-state index contributed by atoms with van der Waals surface area (Å²) >= 11 is 11.8. The molecule has 1 amide bonds. The third-order valence-electron chi connectivity index (χ3n) is 2.30. The SMILES string of the molecule is C[C@@](O)(C(=O)Nc1ccc(S)c(I)c1Cl)C(F)(F)F. The van der Waals surface area contributed by atoms with E-state index in [9.17, 15) is 23.1 Å². The molecule has 1 rings (SSSR count). The zero-order valence-electron chi connectivity index (χ0n) is 9.35. The van der Waals surface area contributed by atoms with Crippen LogP contribution in [0, 0.1) is 3.57 Å². The van der Waals surface area contributed by atoms with E-state index in [2.05, 4.69) is 12.6 Å². The molecule has 0 fully saturated rings. The van der Waals surface area contributed by atoms with E-state index in [1.807, 2.05) is 27.9 Å². The molecule has 0 bridgehead atoms. The molecule has 0 aliphatic rings. The van der Waals surface area contributed by atoms with Gasteiger partial charge in [0.25, 0.3) is 5.91 Å². The van der Waals surface area contributed by atoms with Crippen LogP contribution in [0.5, 0.6) is 0 Å². The summed E-state index contributed by atoms with van der Waals surface area (Å²) in [5.74, 6) is -1.61. The zero-order chi connectivity index (χ0) is 15.0. The minimum atomic E-state index is -5.08. The lowest BCUT2D eigenvalue weighted by Gasteiger charge is -2.25. The van der Waals surface area contributed by atoms with Gasteiger partial charge in [0.1, 0.15) is 0 Å². The van der Waals surface area contributed by atoms with Crippen molar-refractivity contribution in [2.45, 2.75) is 23.6 Å². The molecule has 0 unspecified atom stereocenters. The minimum Gasteiger partial charge on any atom is -0.373 e. The summed E-state index contributed by atoms with van der Waals surface area (Å²) in [7, 11) is 0. The highest BCUT2D eigenvalue weighted by atomic mass is 127. The molecule has 0 spiro atoms. The average Bonchev–Trinajstić information content (AvgIpc) is 2.28. The highest BCUT2D eigenvalue weighted by Crippen LogP contribution is 2.34. The summed E-state index contributed by atoms with van der Waals surface area (Å²) in [4.78, 5) is 12.0. The maximum absolute atomic E-state index is 12.5. The number of anilines is 1. The van der Waals surface area contributed by atoms with Gasteiger partial charge in [0.2, 0.25) is 5.60 Å². The minimum absolute atomic E-state index is 0.0293. The Labute approximate surface area is 131 Å². The van der Waals surface area contributed by atoms with Gasteiger partial charge in [-0.15, -0.1) is 12.6 Å². The van der Waals surface area contributed by atoms with Crippen LogP contribution >= 0.6 is 46.8 Å². The van der Waals surface area contributed by atoms with Gasteiger partial charge in [0.15, 0.2) is 0 Å². The van der Waals surface area contributed by atoms with Gasteiger partial charge in [-0.1, -0.05) is 11.6 Å². The van der Waals surface area contributed by atoms with Crippen LogP contribution in [-0.2, 0) is 4.79 Å². The number of halogens is 5. The number of rotatable bonds is 2. The van der Waals surface area contributed by atoms with E-state index in [4.69, 9.17) is 11.6 Å². The Morgan fingerprint density at radius 1 is 1.47 bits per heavy atom. The van der Waals surface area contributed by atoms with Gasteiger partial charge in [0.05, 0.1) is 10.7 Å². The Morgan fingerprint density at radius 2 is 2.00 bits per heavy atom. The molecule has 0 heterocycles. The predicted octanol–water partition coefficient (Wildman–Crippen LogP) is 3.49. The predicted molar refractivity (Wildman–Crippen MR) is 76.7 cm³/mol. The smallest absolute Gasteiger partial charge is 0.373 e. The lowest BCUT2D eigenvalue weighted by Crippen LogP contribution is -2.52. The molecule has 0 saturated carbocycles. The molecule has 0 aliphatic carbocycles. The van der Waals surface area contributed by atoms with E-state index in [0.29, 0.717) is 15.4 Å². The molecule has 106 valence electrons. The fourth-order valence-electron chi connectivity index (χ4n) is 1.01. The summed E-state index contributed by atoms with van der Waals surface area (Å²) < 4.78 is 37.9. The van der Waals surface area contributed by atoms with Crippen molar-refractivity contribution in [1.82, 2.24) is 0 Å². The van der Waals surface area contributed by atoms with Gasteiger partial charge in [-0.05, 0) is 41.6 Å². The van der Waals surface area contributed by atoms with Gasteiger partial charge in [0, 0.05) is 8.47 Å². The van der Waals surface area contributed by atoms with Gasteiger partial charge < -0.3 is 10.4 Å². The Balaban J connectivity index is 3.05. The van der Waals surface area contributed by atoms with Crippen LogP contribution in [0.1, 0.15) is 6.92 Å². The van der Waals surface area contributed by atoms with Crippen molar-refractivity contribution in [3.05, 3.63) is 20.7 Å². The summed E-state index contributed by atoms with van der Waals surface area (Å²) in [6.45, 7) is 0.369. The van der Waals surface area contributed by atoms with Crippen molar-refractivity contribution in [3.63, 3.8) is 0 Å². The first kappa shape index (κ1) is 16.9. The second-order valence-corrected chi connectivity index (χ2v) is 5.72. The second kappa shape index (κ2) is 5.66. The first-order valence-electron chi connectivity index (χ1n) is 4.76. The van der Waals surface area contributed by atoms with E-state index in [1.54, 1.807) is 0 Å². The van der Waals surface area contributed by atoms with Crippen LogP contribution in [0.25, 0.3) is 0 Å². The molecule has 3 nitrogen and oxygen atoms in total. The van der Waals surface area contributed by atoms with Crippen LogP contribution in [0.4, 0.5) is 18.9 Å². The maximum Gasteiger partial charge on any atom is 0.426 e. The normalized spacial score (nSPS) is 14.9. The molecule has 0 radical (unpaired) electrons. The Bertz CT molecular complexity index is 522. The van der Waals surface area contributed by atoms with Crippen LogP contribution in [0.15, 0.2) is 17.0 Å². The van der Waals surface area contributed by atoms with Crippen molar-refractivity contribution in [1.29, 1.82) is 0 Å². The molecule has 1 aromatic carbocycles. The van der Waals surface area contributed by atoms with Crippen LogP contribution < -0.4 is 5.32 Å². The van der Waals surface area contributed by atoms with Crippen molar-refractivity contribution < 1.29 is 23.1 Å². The molecule has 0 saturated heterocycles. The van der Waals surface area contributed by atoms with E-state index < -0.39 is 17.7 Å². The molecule has 0 aromatic heterocycles. The largest absolute Gasteiger partial charge is 0.426 e. The topological polar surface area (TPSA) is 49.3 Å². The van der Waals surface area contributed by atoms with E-state index in [1.165, 1.54) is 12.1 Å². The van der Waals surface area contributed by atoms with Gasteiger partial charge >= 0.3 is 6.18 Å². The third kappa shape index (κ3) is 3.47. The van der Waals surface area contributed by atoms with Crippen molar-refractivity contribution in [2.75, 3.05) is 5.32 Å². The van der Waals surface area contributed by atoms with Crippen molar-refractivity contribution in [2.24, 2.45) is 0 Å². The van der Waals surface area contributed by atoms with Gasteiger partial charge in [-0.2, -0.15) is 13.2 Å². The molecular weight excluding hydrogens is 418 g/mol. The summed E-state index contributed by atoms with van der Waals surface area (Å²) in [5.41, 5.74) is -3.53. The fourth-order valence-corrected chi connectivity index (χ4v) is 1.94. The number of hydrogen-bond acceptors (Lipinski definition) is 3. The number of thiol groups is 1. The Morgan fingerprint density at radius 3 is 2.47 bits per heavy atom. The van der Waals surface area contributed by atoms with Gasteiger partial charge in [-0.3, -0.25) is 4.79 Å². The number of aliphatic hydroxyl groups is 1. The Hall–Kier alpha value is -0.190. The number of carbonyl (C=O) groups is 1. The fraction of sp³-hybridized carbons (Fsp3) is 0.300. The molecule has 0 aliphatic heterocycles. The van der Waals surface area contributed by atoms with Crippen LogP contribution in [-0.4, -0.2) is 22.8 Å². The number of hydrogen-bond donors (Lipinski definition) is 3. The highest BCUT2D eigenvalue weighted by Gasteiger charge is 2.55. The van der Waals surface area contributed by atoms with Crippen molar-refractivity contribution in [3.8, 4) is 0 Å². The highest BCUT2D eigenvalue weighted by molar-refractivity contribution is 14.1. The Kier molecular flexibility index (Phi) is 5.03. The lowest BCUT2D eigenvalue weighted by atomic mass is 10.1. The standard InChI is InChI=1S/C10H8ClF3INO2S/c1-9(18,10(12,13)14)8(17)16-4-2-3-5(19)7(15)6(4)11/h2-3,18-19H,1H3,(H,16,17)/t9-/m1/s1. The number of carbonyl (C=O) groups excluding carboxylic acids is 1. The first-order chi connectivity index (χ1) is 8.48. The summed E-state index contributed by atoms with van der Waals surface area (Å²) in [6, 6.07) is 2.77. The summed E-state index contributed by atoms with van der Waals surface area (Å²) in [6.07, 6.45) is -5.08. The van der Waals surface area contributed by atoms with Gasteiger partial charge in [-0.25, -0.2) is 0 Å². The lowest BCUT2D eigenvalue weighted by molar-refractivity contribution is -0.242. The second-order valence-electron chi connectivity index (χ2n) is 3.78. The molecular formula is C10H8ClF3INO2S. The van der Waals surface area contributed by atoms with E-state index in [0.717, 1.165) is 0 Å². The van der Waals surface area contributed by atoms with Crippen molar-refractivity contribution >= 4 is 58.4 Å². The van der Waals surface area contributed by atoms with Crippen LogP contribution in [0.3, 0.4) is 0 Å². The third-order valence-corrected chi connectivity index (χ3v) is 4.94.